The van der Waals surface area contributed by atoms with Crippen LogP contribution in [0.25, 0.3) is 5.76 Å². The first kappa shape index (κ1) is 20.2. The van der Waals surface area contributed by atoms with Crippen molar-refractivity contribution in [3.8, 4) is 5.75 Å². The average Bonchev–Trinajstić information content (AvgIpc) is 3.37. The van der Waals surface area contributed by atoms with Crippen molar-refractivity contribution < 1.29 is 19.4 Å². The molecule has 2 aromatic carbocycles. The van der Waals surface area contributed by atoms with Gasteiger partial charge in [0.05, 0.1) is 18.2 Å². The maximum atomic E-state index is 13.1. The molecule has 2 heterocycles. The summed E-state index contributed by atoms with van der Waals surface area (Å²) in [6.07, 6.45) is 0. The molecule has 1 fully saturated rings. The van der Waals surface area contributed by atoms with E-state index in [4.69, 9.17) is 16.3 Å². The molecule has 152 valence electrons. The number of para-hydroxylation sites is 1. The number of ether oxygens (including phenoxy) is 1. The number of amides is 1. The van der Waals surface area contributed by atoms with Crippen LogP contribution in [0.4, 0.5) is 5.69 Å². The molecule has 1 unspecified atom stereocenters. The number of hydrogen-bond donors (Lipinski definition) is 1. The number of benzene rings is 2. The third kappa shape index (κ3) is 3.28. The summed E-state index contributed by atoms with van der Waals surface area (Å²) in [4.78, 5) is 28.3. The molecule has 1 saturated heterocycles. The molecule has 0 radical (unpaired) electrons. The Morgan fingerprint density at radius 2 is 1.90 bits per heavy atom. The van der Waals surface area contributed by atoms with Crippen LogP contribution in [-0.4, -0.2) is 23.9 Å². The Morgan fingerprint density at radius 3 is 2.57 bits per heavy atom. The summed E-state index contributed by atoms with van der Waals surface area (Å²) in [7, 11) is 1.48. The van der Waals surface area contributed by atoms with Gasteiger partial charge in [0.2, 0.25) is 0 Å². The standard InChI is InChI=1S/C23H18ClNO4S/c1-13-9-10-14(12-16(13)24)25-20(18-8-5-11-30-18)19(22(27)23(25)28)21(26)15-6-3-4-7-17(15)29-2/h3-12,20,26H,1-2H3/b21-19-. The first-order chi connectivity index (χ1) is 14.4. The zero-order chi connectivity index (χ0) is 21.4. The fourth-order valence-electron chi connectivity index (χ4n) is 3.53. The lowest BCUT2D eigenvalue weighted by Crippen LogP contribution is -2.29. The molecular weight excluding hydrogens is 422 g/mol. The Morgan fingerprint density at radius 1 is 1.13 bits per heavy atom. The number of rotatable bonds is 4. The monoisotopic (exact) mass is 439 g/mol. The first-order valence-corrected chi connectivity index (χ1v) is 10.4. The summed E-state index contributed by atoms with van der Waals surface area (Å²) < 4.78 is 5.34. The topological polar surface area (TPSA) is 66.8 Å². The maximum Gasteiger partial charge on any atom is 0.300 e. The van der Waals surface area contributed by atoms with Crippen molar-refractivity contribution in [2.75, 3.05) is 12.0 Å². The number of halogens is 1. The number of methoxy groups -OCH3 is 1. The average molecular weight is 440 g/mol. The van der Waals surface area contributed by atoms with Crippen LogP contribution in [0.5, 0.6) is 5.75 Å². The number of Topliss-reactive ketones (excluding diaryl/α,β-unsaturated/α-hetero) is 1. The fraction of sp³-hybridized carbons (Fsp3) is 0.130. The minimum atomic E-state index is -0.770. The summed E-state index contributed by atoms with van der Waals surface area (Å²) >= 11 is 7.69. The molecule has 1 atom stereocenters. The molecule has 0 bridgehead atoms. The number of thiophene rings is 1. The van der Waals surface area contributed by atoms with Crippen molar-refractivity contribution >= 4 is 46.1 Å². The van der Waals surface area contributed by atoms with Gasteiger partial charge in [-0.05, 0) is 48.2 Å². The largest absolute Gasteiger partial charge is 0.507 e. The zero-order valence-electron chi connectivity index (χ0n) is 16.3. The van der Waals surface area contributed by atoms with Gasteiger partial charge < -0.3 is 9.84 Å². The molecule has 1 aliphatic heterocycles. The Labute approximate surface area is 182 Å². The van der Waals surface area contributed by atoms with Crippen molar-refractivity contribution in [3.05, 3.63) is 86.6 Å². The minimum absolute atomic E-state index is 0.0173. The quantitative estimate of drug-likeness (QED) is 0.338. The molecule has 30 heavy (non-hydrogen) atoms. The van der Waals surface area contributed by atoms with E-state index in [-0.39, 0.29) is 11.3 Å². The Kier molecular flexibility index (Phi) is 5.37. The number of carbonyl (C=O) groups is 2. The van der Waals surface area contributed by atoms with E-state index in [1.165, 1.54) is 23.3 Å². The lowest BCUT2D eigenvalue weighted by atomic mass is 9.99. The highest BCUT2D eigenvalue weighted by Crippen LogP contribution is 2.45. The number of anilines is 1. The Hall–Kier alpha value is -3.09. The van der Waals surface area contributed by atoms with Crippen molar-refractivity contribution in [2.24, 2.45) is 0 Å². The summed E-state index contributed by atoms with van der Waals surface area (Å²) in [6, 6.07) is 14.9. The third-order valence-corrected chi connectivity index (χ3v) is 6.38. The number of nitrogens with zero attached hydrogens (tertiary/aromatic N) is 1. The molecule has 0 aliphatic carbocycles. The van der Waals surface area contributed by atoms with Gasteiger partial charge in [0, 0.05) is 15.6 Å². The Bertz CT molecular complexity index is 1170. The van der Waals surface area contributed by atoms with Crippen LogP contribution in [0.3, 0.4) is 0 Å². The van der Waals surface area contributed by atoms with Crippen molar-refractivity contribution in [2.45, 2.75) is 13.0 Å². The molecular formula is C23H18ClNO4S. The highest BCUT2D eigenvalue weighted by Gasteiger charge is 2.47. The molecule has 0 spiro atoms. The van der Waals surface area contributed by atoms with Crippen LogP contribution in [0.2, 0.25) is 5.02 Å². The maximum absolute atomic E-state index is 13.1. The van der Waals surface area contributed by atoms with E-state index in [9.17, 15) is 14.7 Å². The van der Waals surface area contributed by atoms with Crippen LogP contribution in [0, 0.1) is 6.92 Å². The number of carbonyl (C=O) groups excluding carboxylic acids is 2. The molecule has 1 aliphatic rings. The van der Waals surface area contributed by atoms with Crippen molar-refractivity contribution in [1.82, 2.24) is 0 Å². The molecule has 7 heteroatoms. The van der Waals surface area contributed by atoms with E-state index >= 15 is 0 Å². The smallest absolute Gasteiger partial charge is 0.300 e. The van der Waals surface area contributed by atoms with Gasteiger partial charge >= 0.3 is 0 Å². The lowest BCUT2D eigenvalue weighted by Gasteiger charge is -2.24. The molecule has 4 rings (SSSR count). The van der Waals surface area contributed by atoms with Gasteiger partial charge in [-0.3, -0.25) is 14.5 Å². The number of aliphatic hydroxyl groups is 1. The van der Waals surface area contributed by atoms with Gasteiger partial charge in [-0.15, -0.1) is 11.3 Å². The van der Waals surface area contributed by atoms with E-state index in [0.717, 1.165) is 10.4 Å². The van der Waals surface area contributed by atoms with Gasteiger partial charge in [0.15, 0.2) is 0 Å². The molecule has 5 nitrogen and oxygen atoms in total. The van der Waals surface area contributed by atoms with E-state index in [2.05, 4.69) is 0 Å². The van der Waals surface area contributed by atoms with E-state index in [0.29, 0.717) is 22.0 Å². The molecule has 1 amide bonds. The molecule has 3 aromatic rings. The van der Waals surface area contributed by atoms with Gasteiger partial charge in [-0.1, -0.05) is 35.9 Å². The van der Waals surface area contributed by atoms with Gasteiger partial charge in [-0.2, -0.15) is 0 Å². The number of aliphatic hydroxyl groups excluding tert-OH is 1. The lowest BCUT2D eigenvalue weighted by molar-refractivity contribution is -0.132. The highest BCUT2D eigenvalue weighted by atomic mass is 35.5. The summed E-state index contributed by atoms with van der Waals surface area (Å²) in [5, 5.41) is 13.5. The zero-order valence-corrected chi connectivity index (χ0v) is 17.8. The van der Waals surface area contributed by atoms with Crippen molar-refractivity contribution in [1.29, 1.82) is 0 Å². The highest BCUT2D eigenvalue weighted by molar-refractivity contribution is 7.10. The van der Waals surface area contributed by atoms with Gasteiger partial charge in [0.1, 0.15) is 17.6 Å². The minimum Gasteiger partial charge on any atom is -0.507 e. The SMILES string of the molecule is COc1ccccc1/C(O)=C1/C(=O)C(=O)N(c2ccc(C)c(Cl)c2)C1c1cccs1. The normalized spacial score (nSPS) is 18.1. The summed E-state index contributed by atoms with van der Waals surface area (Å²) in [5.41, 5.74) is 1.72. The number of hydrogen-bond acceptors (Lipinski definition) is 5. The Balaban J connectivity index is 1.95. The van der Waals surface area contributed by atoms with Crippen LogP contribution in [0.15, 0.2) is 65.6 Å². The predicted molar refractivity (Wildman–Crippen MR) is 118 cm³/mol. The third-order valence-electron chi connectivity index (χ3n) is 5.05. The van der Waals surface area contributed by atoms with Crippen LogP contribution < -0.4 is 9.64 Å². The van der Waals surface area contributed by atoms with Gasteiger partial charge in [-0.25, -0.2) is 0 Å². The predicted octanol–water partition coefficient (Wildman–Crippen LogP) is 5.34. The molecule has 1 aromatic heterocycles. The van der Waals surface area contributed by atoms with Crippen LogP contribution in [0.1, 0.15) is 22.0 Å². The van der Waals surface area contributed by atoms with E-state index in [1.54, 1.807) is 42.5 Å². The second-order valence-electron chi connectivity index (χ2n) is 6.82. The molecule has 0 saturated carbocycles. The van der Waals surface area contributed by atoms with Gasteiger partial charge in [0.25, 0.3) is 11.7 Å². The summed E-state index contributed by atoms with van der Waals surface area (Å²) in [6.45, 7) is 1.86. The van der Waals surface area contributed by atoms with Crippen LogP contribution in [-0.2, 0) is 9.59 Å². The van der Waals surface area contributed by atoms with E-state index < -0.39 is 17.7 Å². The number of aryl methyl sites for hydroxylation is 1. The molecule has 1 N–H and O–H groups in total. The number of ketones is 1. The summed E-state index contributed by atoms with van der Waals surface area (Å²) in [5.74, 6) is -1.34. The van der Waals surface area contributed by atoms with E-state index in [1.807, 2.05) is 24.4 Å². The second kappa shape index (κ2) is 7.97. The van der Waals surface area contributed by atoms with Crippen LogP contribution >= 0.6 is 22.9 Å². The first-order valence-electron chi connectivity index (χ1n) is 9.18. The fourth-order valence-corrected chi connectivity index (χ4v) is 4.53. The van der Waals surface area contributed by atoms with Crippen molar-refractivity contribution in [3.63, 3.8) is 0 Å². The second-order valence-corrected chi connectivity index (χ2v) is 8.20.